The van der Waals surface area contributed by atoms with Gasteiger partial charge in [0.25, 0.3) is 5.91 Å². The Hall–Kier alpha value is -3.23. The van der Waals surface area contributed by atoms with Crippen LogP contribution in [0.1, 0.15) is 34.3 Å². The zero-order valence-corrected chi connectivity index (χ0v) is 19.8. The molecule has 3 aromatic carbocycles. The van der Waals surface area contributed by atoms with E-state index in [4.69, 9.17) is 0 Å². The number of piperidine rings is 1. The van der Waals surface area contributed by atoms with Gasteiger partial charge in [-0.1, -0.05) is 42.0 Å². The van der Waals surface area contributed by atoms with Gasteiger partial charge in [0.05, 0.1) is 10.5 Å². The monoisotopic (exact) mass is 481 g/mol. The van der Waals surface area contributed by atoms with Gasteiger partial charge in [-0.25, -0.2) is 17.5 Å². The van der Waals surface area contributed by atoms with Crippen molar-refractivity contribution in [1.82, 2.24) is 10.0 Å². The van der Waals surface area contributed by atoms with E-state index in [1.165, 1.54) is 12.1 Å². The third kappa shape index (κ3) is 5.81. The molecule has 1 amide bonds. The number of carbonyl (C=O) groups excluding carboxylic acids is 1. The fourth-order valence-electron chi connectivity index (χ4n) is 4.11. The number of benzene rings is 3. The van der Waals surface area contributed by atoms with Crippen molar-refractivity contribution in [2.24, 2.45) is 0 Å². The van der Waals surface area contributed by atoms with E-state index in [0.29, 0.717) is 37.1 Å². The van der Waals surface area contributed by atoms with Crippen molar-refractivity contribution in [2.45, 2.75) is 37.2 Å². The van der Waals surface area contributed by atoms with Crippen LogP contribution in [0.3, 0.4) is 0 Å². The Morgan fingerprint density at radius 3 is 2.41 bits per heavy atom. The van der Waals surface area contributed by atoms with Gasteiger partial charge in [0.2, 0.25) is 10.0 Å². The van der Waals surface area contributed by atoms with Crippen LogP contribution < -0.4 is 14.9 Å². The van der Waals surface area contributed by atoms with Crippen LogP contribution in [0.5, 0.6) is 0 Å². The molecule has 6 nitrogen and oxygen atoms in total. The molecule has 0 radical (unpaired) electrons. The minimum Gasteiger partial charge on any atom is -0.371 e. The van der Waals surface area contributed by atoms with Gasteiger partial charge in [-0.15, -0.1) is 0 Å². The summed E-state index contributed by atoms with van der Waals surface area (Å²) >= 11 is 0. The smallest absolute Gasteiger partial charge is 0.253 e. The van der Waals surface area contributed by atoms with Crippen molar-refractivity contribution in [1.29, 1.82) is 0 Å². The molecule has 1 aliphatic heterocycles. The highest BCUT2D eigenvalue weighted by Gasteiger charge is 2.26. The molecule has 3 aromatic rings. The third-order valence-corrected chi connectivity index (χ3v) is 7.52. The standard InChI is InChI=1S/C26H28FN3O3S/c1-19-9-11-23(12-10-19)34(32,33)29-22-13-15-30(16-14-22)25-8-3-2-7-24(25)26(31)28-18-20-5-4-6-21(27)17-20/h2-12,17,22,29H,13-16,18H2,1H3,(H,28,31). The lowest BCUT2D eigenvalue weighted by Crippen LogP contribution is -2.45. The van der Waals surface area contributed by atoms with Crippen molar-refractivity contribution >= 4 is 21.6 Å². The van der Waals surface area contributed by atoms with Crippen LogP contribution in [-0.4, -0.2) is 33.5 Å². The predicted octanol–water partition coefficient (Wildman–Crippen LogP) is 4.01. The average molecular weight is 482 g/mol. The summed E-state index contributed by atoms with van der Waals surface area (Å²) in [7, 11) is -3.58. The van der Waals surface area contributed by atoms with E-state index in [1.54, 1.807) is 42.5 Å². The zero-order chi connectivity index (χ0) is 24.1. The number of nitrogens with one attached hydrogen (secondary N) is 2. The van der Waals surface area contributed by atoms with Crippen LogP contribution in [-0.2, 0) is 16.6 Å². The second-order valence-electron chi connectivity index (χ2n) is 8.53. The van der Waals surface area contributed by atoms with Crippen molar-refractivity contribution < 1.29 is 17.6 Å². The summed E-state index contributed by atoms with van der Waals surface area (Å²) in [5, 5.41) is 2.86. The lowest BCUT2D eigenvalue weighted by atomic mass is 10.0. The summed E-state index contributed by atoms with van der Waals surface area (Å²) in [5.41, 5.74) is 3.04. The maximum atomic E-state index is 13.4. The topological polar surface area (TPSA) is 78.5 Å². The zero-order valence-electron chi connectivity index (χ0n) is 19.0. The van der Waals surface area contributed by atoms with Crippen LogP contribution in [0, 0.1) is 12.7 Å². The molecule has 1 heterocycles. The first-order chi connectivity index (χ1) is 16.3. The molecule has 1 aliphatic rings. The molecule has 4 rings (SSSR count). The van der Waals surface area contributed by atoms with Crippen LogP contribution in [0.2, 0.25) is 0 Å². The number of rotatable bonds is 7. The fourth-order valence-corrected chi connectivity index (χ4v) is 5.41. The Morgan fingerprint density at radius 2 is 1.71 bits per heavy atom. The van der Waals surface area contributed by atoms with Gasteiger partial charge in [-0.05, 0) is 61.7 Å². The Morgan fingerprint density at radius 1 is 1.00 bits per heavy atom. The summed E-state index contributed by atoms with van der Waals surface area (Å²) in [6, 6.07) is 20.1. The predicted molar refractivity (Wildman–Crippen MR) is 131 cm³/mol. The second-order valence-corrected chi connectivity index (χ2v) is 10.2. The van der Waals surface area contributed by atoms with Gasteiger partial charge in [0.1, 0.15) is 5.82 Å². The molecule has 0 unspecified atom stereocenters. The minimum absolute atomic E-state index is 0.170. The summed E-state index contributed by atoms with van der Waals surface area (Å²) < 4.78 is 41.7. The molecule has 0 aliphatic carbocycles. The fraction of sp³-hybridized carbons (Fsp3) is 0.269. The molecule has 0 aromatic heterocycles. The number of aryl methyl sites for hydroxylation is 1. The van der Waals surface area contributed by atoms with Gasteiger partial charge >= 0.3 is 0 Å². The van der Waals surface area contributed by atoms with E-state index in [1.807, 2.05) is 25.1 Å². The SMILES string of the molecule is Cc1ccc(S(=O)(=O)NC2CCN(c3ccccc3C(=O)NCc3cccc(F)c3)CC2)cc1. The molecule has 0 spiro atoms. The summed E-state index contributed by atoms with van der Waals surface area (Å²) in [6.07, 6.45) is 1.26. The van der Waals surface area contributed by atoms with Crippen molar-refractivity contribution in [3.8, 4) is 0 Å². The molecule has 0 bridgehead atoms. The quantitative estimate of drug-likeness (QED) is 0.535. The number of halogens is 1. The Kier molecular flexibility index (Phi) is 7.29. The molecule has 8 heteroatoms. The van der Waals surface area contributed by atoms with E-state index < -0.39 is 10.0 Å². The maximum absolute atomic E-state index is 13.4. The van der Waals surface area contributed by atoms with Gasteiger partial charge in [0.15, 0.2) is 0 Å². The number of sulfonamides is 1. The first-order valence-corrected chi connectivity index (χ1v) is 12.8. The number of hydrogen-bond acceptors (Lipinski definition) is 4. The van der Waals surface area contributed by atoms with Crippen molar-refractivity contribution in [3.63, 3.8) is 0 Å². The Balaban J connectivity index is 1.38. The molecule has 34 heavy (non-hydrogen) atoms. The first kappa shape index (κ1) is 23.9. The van der Waals surface area contributed by atoms with Gasteiger partial charge in [0, 0.05) is 31.4 Å². The molecule has 1 fully saturated rings. The second kappa shape index (κ2) is 10.4. The lowest BCUT2D eigenvalue weighted by Gasteiger charge is -2.34. The number of anilines is 1. The van der Waals surface area contributed by atoms with Crippen LogP contribution >= 0.6 is 0 Å². The van der Waals surface area contributed by atoms with E-state index >= 15 is 0 Å². The number of nitrogens with zero attached hydrogens (tertiary/aromatic N) is 1. The molecule has 178 valence electrons. The summed E-state index contributed by atoms with van der Waals surface area (Å²) in [5.74, 6) is -0.574. The van der Waals surface area contributed by atoms with Crippen LogP contribution in [0.4, 0.5) is 10.1 Å². The van der Waals surface area contributed by atoms with Crippen LogP contribution in [0.15, 0.2) is 77.7 Å². The molecular formula is C26H28FN3O3S. The number of hydrogen-bond donors (Lipinski definition) is 2. The van der Waals surface area contributed by atoms with Crippen LogP contribution in [0.25, 0.3) is 0 Å². The summed E-state index contributed by atoms with van der Waals surface area (Å²) in [6.45, 7) is 3.39. The van der Waals surface area contributed by atoms with E-state index in [9.17, 15) is 17.6 Å². The Labute approximate surface area is 199 Å². The molecule has 2 N–H and O–H groups in total. The number of para-hydroxylation sites is 1. The largest absolute Gasteiger partial charge is 0.371 e. The maximum Gasteiger partial charge on any atom is 0.253 e. The first-order valence-electron chi connectivity index (χ1n) is 11.3. The van der Waals surface area contributed by atoms with Gasteiger partial charge in [-0.3, -0.25) is 4.79 Å². The minimum atomic E-state index is -3.58. The van der Waals surface area contributed by atoms with Crippen molar-refractivity contribution in [2.75, 3.05) is 18.0 Å². The molecular weight excluding hydrogens is 453 g/mol. The van der Waals surface area contributed by atoms with Crippen molar-refractivity contribution in [3.05, 3.63) is 95.3 Å². The van der Waals surface area contributed by atoms with E-state index in [0.717, 1.165) is 11.3 Å². The highest BCUT2D eigenvalue weighted by Crippen LogP contribution is 2.25. The highest BCUT2D eigenvalue weighted by molar-refractivity contribution is 7.89. The lowest BCUT2D eigenvalue weighted by molar-refractivity contribution is 0.0951. The summed E-state index contributed by atoms with van der Waals surface area (Å²) in [4.78, 5) is 15.2. The molecule has 0 atom stereocenters. The normalized spacial score (nSPS) is 14.7. The van der Waals surface area contributed by atoms with Gasteiger partial charge < -0.3 is 10.2 Å². The molecule has 1 saturated heterocycles. The van der Waals surface area contributed by atoms with E-state index in [-0.39, 0.29) is 29.2 Å². The average Bonchev–Trinajstić information content (AvgIpc) is 2.83. The third-order valence-electron chi connectivity index (χ3n) is 5.98. The van der Waals surface area contributed by atoms with Gasteiger partial charge in [-0.2, -0.15) is 0 Å². The molecule has 0 saturated carbocycles. The number of carbonyl (C=O) groups is 1. The number of amides is 1. The highest BCUT2D eigenvalue weighted by atomic mass is 32.2. The van der Waals surface area contributed by atoms with E-state index in [2.05, 4.69) is 14.9 Å². The Bertz CT molecular complexity index is 1250.